The first-order chi connectivity index (χ1) is 11.8. The molecular formula is C20H34N2O2. The third kappa shape index (κ3) is 8.57. The smallest absolute Gasteiger partial charge is 0.211 e. The van der Waals surface area contributed by atoms with Crippen LogP contribution in [-0.2, 0) is 9.59 Å². The molecule has 0 saturated heterocycles. The Balaban J connectivity index is 2.01. The van der Waals surface area contributed by atoms with Gasteiger partial charge < -0.3 is 0 Å². The summed E-state index contributed by atoms with van der Waals surface area (Å²) in [7, 11) is 0. The van der Waals surface area contributed by atoms with Crippen LogP contribution in [0.5, 0.6) is 0 Å². The fraction of sp³-hybridized carbons (Fsp3) is 0.900. The molecule has 0 aromatic rings. The largest absolute Gasteiger partial charge is 0.235 e. The van der Waals surface area contributed by atoms with E-state index in [-0.39, 0.29) is 5.54 Å². The maximum atomic E-state index is 10.8. The van der Waals surface area contributed by atoms with Gasteiger partial charge in [-0.15, -0.1) is 0 Å². The summed E-state index contributed by atoms with van der Waals surface area (Å²) in [5.41, 5.74) is -0.0770. The van der Waals surface area contributed by atoms with Crippen molar-refractivity contribution in [2.45, 2.75) is 102 Å². The highest BCUT2D eigenvalue weighted by Crippen LogP contribution is 2.42. The number of rotatable bonds is 14. The first-order valence-electron chi connectivity index (χ1n) is 9.89. The Labute approximate surface area is 147 Å². The molecule has 0 bridgehead atoms. The quantitative estimate of drug-likeness (QED) is 0.239. The lowest BCUT2D eigenvalue weighted by molar-refractivity contribution is 0.365. The van der Waals surface area contributed by atoms with E-state index >= 15 is 0 Å². The Hall–Kier alpha value is -1.24. The second kappa shape index (κ2) is 13.1. The lowest BCUT2D eigenvalue weighted by Crippen LogP contribution is -2.22. The van der Waals surface area contributed by atoms with E-state index in [1.807, 2.05) is 6.08 Å². The number of unbranched alkanes of at least 4 members (excludes halogenated alkanes) is 8. The van der Waals surface area contributed by atoms with Crippen molar-refractivity contribution in [1.82, 2.24) is 0 Å². The van der Waals surface area contributed by atoms with Crippen LogP contribution in [-0.4, -0.2) is 24.2 Å². The van der Waals surface area contributed by atoms with Gasteiger partial charge in [0, 0.05) is 0 Å². The molecule has 24 heavy (non-hydrogen) atoms. The van der Waals surface area contributed by atoms with Crippen molar-refractivity contribution in [1.29, 1.82) is 0 Å². The van der Waals surface area contributed by atoms with Gasteiger partial charge >= 0.3 is 0 Å². The zero-order valence-electron chi connectivity index (χ0n) is 15.4. The van der Waals surface area contributed by atoms with Crippen LogP contribution in [0.25, 0.3) is 0 Å². The van der Waals surface area contributed by atoms with Crippen LogP contribution in [0.15, 0.2) is 9.98 Å². The molecule has 1 saturated carbocycles. The molecule has 0 N–H and O–H groups in total. The molecule has 0 radical (unpaired) electrons. The normalized spacial score (nSPS) is 22.8. The Morgan fingerprint density at radius 3 is 2.08 bits per heavy atom. The molecule has 2 unspecified atom stereocenters. The average molecular weight is 335 g/mol. The summed E-state index contributed by atoms with van der Waals surface area (Å²) in [4.78, 5) is 28.5. The third-order valence-corrected chi connectivity index (χ3v) is 5.52. The first kappa shape index (κ1) is 20.8. The molecule has 4 nitrogen and oxygen atoms in total. The van der Waals surface area contributed by atoms with Crippen LogP contribution in [0.3, 0.4) is 0 Å². The zero-order chi connectivity index (χ0) is 17.5. The van der Waals surface area contributed by atoms with E-state index in [1.54, 1.807) is 6.08 Å². The summed E-state index contributed by atoms with van der Waals surface area (Å²) in [5.74, 6) is 0.749. The predicted molar refractivity (Wildman–Crippen MR) is 97.6 cm³/mol. The molecule has 4 heteroatoms. The van der Waals surface area contributed by atoms with Crippen molar-refractivity contribution in [2.75, 3.05) is 6.54 Å². The van der Waals surface area contributed by atoms with Gasteiger partial charge in [-0.25, -0.2) is 14.6 Å². The van der Waals surface area contributed by atoms with Crippen molar-refractivity contribution in [2.24, 2.45) is 15.9 Å². The Morgan fingerprint density at radius 1 is 0.917 bits per heavy atom. The number of hydrogen-bond acceptors (Lipinski definition) is 4. The van der Waals surface area contributed by atoms with Gasteiger partial charge in [-0.1, -0.05) is 64.7 Å². The molecule has 1 rings (SSSR count). The van der Waals surface area contributed by atoms with Crippen molar-refractivity contribution >= 4 is 12.2 Å². The molecule has 0 amide bonds. The van der Waals surface area contributed by atoms with Gasteiger partial charge in [-0.3, -0.25) is 0 Å². The lowest BCUT2D eigenvalue weighted by Gasteiger charge is -2.22. The van der Waals surface area contributed by atoms with E-state index in [0.29, 0.717) is 6.54 Å². The summed E-state index contributed by atoms with van der Waals surface area (Å²) < 4.78 is 0. The standard InChI is InChI=1S/C20H34N2O2/c1-2-19-12-14-20(16-19,22-18-24)13-10-8-6-4-3-5-7-9-11-15-21-17-23/h19H,2-16H2,1H3. The van der Waals surface area contributed by atoms with E-state index in [9.17, 15) is 9.59 Å². The van der Waals surface area contributed by atoms with E-state index in [4.69, 9.17) is 0 Å². The van der Waals surface area contributed by atoms with Gasteiger partial charge in [-0.2, -0.15) is 4.99 Å². The predicted octanol–water partition coefficient (Wildman–Crippen LogP) is 5.51. The number of carbonyl (C=O) groups excluding carboxylic acids is 2. The third-order valence-electron chi connectivity index (χ3n) is 5.52. The molecule has 136 valence electrons. The molecule has 1 aliphatic carbocycles. The minimum atomic E-state index is -0.0770. The molecule has 1 aliphatic rings. The van der Waals surface area contributed by atoms with Crippen molar-refractivity contribution < 1.29 is 9.59 Å². The van der Waals surface area contributed by atoms with E-state index in [1.165, 1.54) is 57.8 Å². The van der Waals surface area contributed by atoms with Gasteiger partial charge in [0.1, 0.15) is 0 Å². The maximum absolute atomic E-state index is 10.8. The van der Waals surface area contributed by atoms with Crippen LogP contribution in [0.1, 0.15) is 96.8 Å². The van der Waals surface area contributed by atoms with E-state index < -0.39 is 0 Å². The fourth-order valence-corrected chi connectivity index (χ4v) is 3.97. The summed E-state index contributed by atoms with van der Waals surface area (Å²) in [5, 5.41) is 0. The molecule has 0 aliphatic heterocycles. The molecule has 0 heterocycles. The Bertz CT molecular complexity index is 425. The number of isocyanates is 2. The SMILES string of the molecule is CCC1CCC(CCCCCCCCCCCN=C=O)(N=C=O)C1. The fourth-order valence-electron chi connectivity index (χ4n) is 3.97. The van der Waals surface area contributed by atoms with Crippen molar-refractivity contribution in [3.63, 3.8) is 0 Å². The maximum Gasteiger partial charge on any atom is 0.235 e. The summed E-state index contributed by atoms with van der Waals surface area (Å²) >= 11 is 0. The summed E-state index contributed by atoms with van der Waals surface area (Å²) in [6.07, 6.45) is 20.1. The van der Waals surface area contributed by atoms with Crippen LogP contribution in [0, 0.1) is 5.92 Å². The highest BCUT2D eigenvalue weighted by molar-refractivity contribution is 5.35. The highest BCUT2D eigenvalue weighted by Gasteiger charge is 2.37. The lowest BCUT2D eigenvalue weighted by atomic mass is 9.89. The van der Waals surface area contributed by atoms with Gasteiger partial charge in [0.2, 0.25) is 12.2 Å². The Kier molecular flexibility index (Phi) is 11.4. The minimum absolute atomic E-state index is 0.0770. The van der Waals surface area contributed by atoms with Crippen molar-refractivity contribution in [3.05, 3.63) is 0 Å². The van der Waals surface area contributed by atoms with Gasteiger partial charge in [0.25, 0.3) is 0 Å². The van der Waals surface area contributed by atoms with E-state index in [2.05, 4.69) is 16.9 Å². The van der Waals surface area contributed by atoms with Crippen LogP contribution in [0.2, 0.25) is 0 Å². The average Bonchev–Trinajstić information content (AvgIpc) is 3.00. The monoisotopic (exact) mass is 334 g/mol. The second-order valence-electron chi connectivity index (χ2n) is 7.35. The highest BCUT2D eigenvalue weighted by atomic mass is 16.1. The molecule has 0 aromatic heterocycles. The zero-order valence-corrected chi connectivity index (χ0v) is 15.4. The van der Waals surface area contributed by atoms with Gasteiger partial charge in [0.15, 0.2) is 0 Å². The molecular weight excluding hydrogens is 300 g/mol. The first-order valence-corrected chi connectivity index (χ1v) is 9.89. The van der Waals surface area contributed by atoms with Crippen LogP contribution < -0.4 is 0 Å². The molecule has 2 atom stereocenters. The van der Waals surface area contributed by atoms with Crippen molar-refractivity contribution in [3.8, 4) is 0 Å². The topological polar surface area (TPSA) is 58.9 Å². The van der Waals surface area contributed by atoms with E-state index in [0.717, 1.165) is 38.0 Å². The van der Waals surface area contributed by atoms with Crippen LogP contribution in [0.4, 0.5) is 0 Å². The molecule has 0 spiro atoms. The molecule has 0 aromatic carbocycles. The number of aliphatic imine (C=N–C) groups is 2. The second-order valence-corrected chi connectivity index (χ2v) is 7.35. The minimum Gasteiger partial charge on any atom is -0.211 e. The number of hydrogen-bond donors (Lipinski definition) is 0. The number of nitrogens with zero attached hydrogens (tertiary/aromatic N) is 2. The van der Waals surface area contributed by atoms with Gasteiger partial charge in [0.05, 0.1) is 12.1 Å². The van der Waals surface area contributed by atoms with Crippen LogP contribution >= 0.6 is 0 Å². The Morgan fingerprint density at radius 2 is 1.54 bits per heavy atom. The summed E-state index contributed by atoms with van der Waals surface area (Å²) in [6, 6.07) is 0. The molecule has 1 fully saturated rings. The van der Waals surface area contributed by atoms with Gasteiger partial charge in [-0.05, 0) is 38.0 Å². The summed E-state index contributed by atoms with van der Waals surface area (Å²) in [6.45, 7) is 2.87.